The van der Waals surface area contributed by atoms with Gasteiger partial charge >= 0.3 is 6.03 Å². The van der Waals surface area contributed by atoms with Crippen molar-refractivity contribution in [2.75, 3.05) is 67.4 Å². The van der Waals surface area contributed by atoms with Gasteiger partial charge in [0.05, 0.1) is 26.4 Å². The summed E-state index contributed by atoms with van der Waals surface area (Å²) in [4.78, 5) is 40.3. The Labute approximate surface area is 150 Å². The van der Waals surface area contributed by atoms with Crippen molar-refractivity contribution < 1.29 is 19.1 Å². The molecule has 0 unspecified atom stereocenters. The van der Waals surface area contributed by atoms with Gasteiger partial charge in [-0.3, -0.25) is 10.2 Å². The second kappa shape index (κ2) is 8.10. The predicted octanol–water partition coefficient (Wildman–Crippen LogP) is -1.52. The van der Waals surface area contributed by atoms with Crippen LogP contribution in [-0.4, -0.2) is 79.5 Å². The molecule has 0 spiro atoms. The lowest BCUT2D eigenvalue weighted by Gasteiger charge is -2.31. The third-order valence-corrected chi connectivity index (χ3v) is 3.88. The Balaban J connectivity index is 1.97. The maximum Gasteiger partial charge on any atom is 0.341 e. The molecule has 0 aromatic carbocycles. The van der Waals surface area contributed by atoms with Gasteiger partial charge in [0.25, 0.3) is 5.95 Å². The number of hydrogen-bond acceptors (Lipinski definition) is 9. The van der Waals surface area contributed by atoms with Crippen molar-refractivity contribution in [3.63, 3.8) is 0 Å². The van der Waals surface area contributed by atoms with Crippen LogP contribution in [0.2, 0.25) is 0 Å². The van der Waals surface area contributed by atoms with Gasteiger partial charge in [-0.1, -0.05) is 0 Å². The number of morpholine rings is 2. The summed E-state index contributed by atoms with van der Waals surface area (Å²) in [6.45, 7) is 5.94. The molecule has 26 heavy (non-hydrogen) atoms. The normalized spacial score (nSPS) is 17.7. The number of amides is 3. The Morgan fingerprint density at radius 2 is 1.42 bits per heavy atom. The van der Waals surface area contributed by atoms with Gasteiger partial charge in [-0.15, -0.1) is 0 Å². The monoisotopic (exact) mass is 366 g/mol. The summed E-state index contributed by atoms with van der Waals surface area (Å²) in [5, 5.41) is 0.817. The Kier molecular flexibility index (Phi) is 5.63. The van der Waals surface area contributed by atoms with Crippen LogP contribution in [0.25, 0.3) is 0 Å². The number of nitrogens with zero attached hydrogens (tertiary/aromatic N) is 6. The molecule has 0 radical (unpaired) electrons. The number of primary amides is 1. The minimum Gasteiger partial charge on any atom is -0.378 e. The summed E-state index contributed by atoms with van der Waals surface area (Å²) >= 11 is 0. The molecule has 142 valence electrons. The highest BCUT2D eigenvalue weighted by atomic mass is 16.5. The third kappa shape index (κ3) is 4.26. The summed E-state index contributed by atoms with van der Waals surface area (Å²) < 4.78 is 10.7. The van der Waals surface area contributed by atoms with Gasteiger partial charge in [0.2, 0.25) is 17.8 Å². The smallest absolute Gasteiger partial charge is 0.341 e. The van der Waals surface area contributed by atoms with Gasteiger partial charge in [0.1, 0.15) is 0 Å². The number of carbonyl (C=O) groups excluding carboxylic acids is 2. The standard InChI is InChI=1S/C14H22N8O4/c1-10(23)19-22(11(15)24)14-17-12(20-2-6-25-7-3-20)16-13(18-14)21-4-8-26-9-5-21/h2-9H2,1H3,(H2,15,24)(H,19,23). The number of hydrazine groups is 1. The van der Waals surface area contributed by atoms with E-state index < -0.39 is 11.9 Å². The number of ether oxygens (including phenoxy) is 2. The molecular formula is C14H22N8O4. The topological polar surface area (TPSA) is 139 Å². The van der Waals surface area contributed by atoms with Crippen molar-refractivity contribution >= 4 is 29.8 Å². The van der Waals surface area contributed by atoms with Gasteiger partial charge in [-0.25, -0.2) is 4.79 Å². The van der Waals surface area contributed by atoms with Crippen LogP contribution in [0.3, 0.4) is 0 Å². The van der Waals surface area contributed by atoms with Crippen molar-refractivity contribution in [2.45, 2.75) is 6.92 Å². The van der Waals surface area contributed by atoms with Crippen molar-refractivity contribution in [1.29, 1.82) is 0 Å². The average Bonchev–Trinajstić information content (AvgIpc) is 2.67. The van der Waals surface area contributed by atoms with Crippen molar-refractivity contribution in [3.8, 4) is 0 Å². The van der Waals surface area contributed by atoms with E-state index in [2.05, 4.69) is 20.4 Å². The number of aromatic nitrogens is 3. The maximum atomic E-state index is 11.8. The quantitative estimate of drug-likeness (QED) is 0.611. The van der Waals surface area contributed by atoms with Crippen molar-refractivity contribution in [2.24, 2.45) is 5.73 Å². The number of nitrogens with one attached hydrogen (secondary N) is 1. The number of carbonyl (C=O) groups is 2. The summed E-state index contributed by atoms with van der Waals surface area (Å²) in [7, 11) is 0. The van der Waals surface area contributed by atoms with Gasteiger partial charge in [0, 0.05) is 33.1 Å². The number of hydrogen-bond donors (Lipinski definition) is 2. The highest BCUT2D eigenvalue weighted by Crippen LogP contribution is 2.20. The first-order chi connectivity index (χ1) is 12.5. The molecule has 0 atom stereocenters. The summed E-state index contributed by atoms with van der Waals surface area (Å²) in [6, 6.07) is -0.896. The third-order valence-electron chi connectivity index (χ3n) is 3.88. The van der Waals surface area contributed by atoms with E-state index in [1.807, 2.05) is 9.80 Å². The fourth-order valence-electron chi connectivity index (χ4n) is 2.61. The summed E-state index contributed by atoms with van der Waals surface area (Å²) in [6.07, 6.45) is 0. The minimum atomic E-state index is -0.896. The molecule has 3 rings (SSSR count). The number of rotatable bonds is 3. The van der Waals surface area contributed by atoms with E-state index in [0.29, 0.717) is 64.5 Å². The first kappa shape index (κ1) is 18.1. The molecule has 3 amide bonds. The van der Waals surface area contributed by atoms with Crippen LogP contribution in [0, 0.1) is 0 Å². The largest absolute Gasteiger partial charge is 0.378 e. The molecule has 0 saturated carbocycles. The first-order valence-electron chi connectivity index (χ1n) is 8.33. The first-order valence-corrected chi connectivity index (χ1v) is 8.33. The van der Waals surface area contributed by atoms with Gasteiger partial charge in [-0.2, -0.15) is 20.0 Å². The average molecular weight is 366 g/mol. The molecule has 2 aliphatic heterocycles. The zero-order valence-corrected chi connectivity index (χ0v) is 14.6. The summed E-state index contributed by atoms with van der Waals surface area (Å²) in [5.74, 6) is 0.295. The molecule has 1 aromatic heterocycles. The van der Waals surface area contributed by atoms with Crippen LogP contribution in [-0.2, 0) is 14.3 Å². The molecule has 2 aliphatic rings. The Morgan fingerprint density at radius 3 is 1.81 bits per heavy atom. The van der Waals surface area contributed by atoms with E-state index in [1.54, 1.807) is 0 Å². The van der Waals surface area contributed by atoms with E-state index in [1.165, 1.54) is 6.92 Å². The van der Waals surface area contributed by atoms with E-state index in [9.17, 15) is 9.59 Å². The molecule has 12 nitrogen and oxygen atoms in total. The molecule has 2 saturated heterocycles. The van der Waals surface area contributed by atoms with E-state index >= 15 is 0 Å². The number of anilines is 3. The van der Waals surface area contributed by atoms with Gasteiger partial charge in [0.15, 0.2) is 0 Å². The lowest BCUT2D eigenvalue weighted by Crippen LogP contribution is -2.50. The second-order valence-corrected chi connectivity index (χ2v) is 5.78. The van der Waals surface area contributed by atoms with Crippen LogP contribution in [0.4, 0.5) is 22.6 Å². The highest BCUT2D eigenvalue weighted by molar-refractivity contribution is 5.92. The Bertz CT molecular complexity index is 624. The minimum absolute atomic E-state index is 0.0364. The fourth-order valence-corrected chi connectivity index (χ4v) is 2.61. The molecule has 12 heteroatoms. The summed E-state index contributed by atoms with van der Waals surface area (Å²) in [5.41, 5.74) is 7.72. The Morgan fingerprint density at radius 1 is 0.962 bits per heavy atom. The van der Waals surface area contributed by atoms with E-state index in [4.69, 9.17) is 15.2 Å². The van der Waals surface area contributed by atoms with E-state index in [-0.39, 0.29) is 5.95 Å². The van der Waals surface area contributed by atoms with Crippen LogP contribution < -0.4 is 26.0 Å². The molecule has 3 heterocycles. The van der Waals surface area contributed by atoms with Crippen LogP contribution in [0.5, 0.6) is 0 Å². The van der Waals surface area contributed by atoms with Gasteiger partial charge < -0.3 is 25.0 Å². The highest BCUT2D eigenvalue weighted by Gasteiger charge is 2.25. The predicted molar refractivity (Wildman–Crippen MR) is 91.8 cm³/mol. The lowest BCUT2D eigenvalue weighted by atomic mass is 10.4. The molecule has 3 N–H and O–H groups in total. The van der Waals surface area contributed by atoms with Crippen LogP contribution in [0.15, 0.2) is 0 Å². The SMILES string of the molecule is CC(=O)NN(C(N)=O)c1nc(N2CCOCC2)nc(N2CCOCC2)n1. The second-order valence-electron chi connectivity index (χ2n) is 5.78. The van der Waals surface area contributed by atoms with E-state index in [0.717, 1.165) is 5.01 Å². The number of nitrogens with two attached hydrogens (primary N) is 1. The van der Waals surface area contributed by atoms with Crippen molar-refractivity contribution in [3.05, 3.63) is 0 Å². The molecule has 1 aromatic rings. The van der Waals surface area contributed by atoms with Crippen LogP contribution >= 0.6 is 0 Å². The zero-order chi connectivity index (χ0) is 18.5. The molecule has 0 bridgehead atoms. The van der Waals surface area contributed by atoms with Crippen molar-refractivity contribution in [1.82, 2.24) is 20.4 Å². The fraction of sp³-hybridized carbons (Fsp3) is 0.643. The maximum absolute atomic E-state index is 11.8. The molecule has 2 fully saturated rings. The van der Waals surface area contributed by atoms with Crippen LogP contribution in [0.1, 0.15) is 6.92 Å². The zero-order valence-electron chi connectivity index (χ0n) is 14.6. The lowest BCUT2D eigenvalue weighted by molar-refractivity contribution is -0.119. The Hall–Kier alpha value is -2.73. The van der Waals surface area contributed by atoms with Gasteiger partial charge in [-0.05, 0) is 0 Å². The molecular weight excluding hydrogens is 344 g/mol. The molecule has 0 aliphatic carbocycles. The number of urea groups is 1.